The first kappa shape index (κ1) is 22.9. The highest BCUT2D eigenvalue weighted by Crippen LogP contribution is 2.44. The molecular formula is C26H31NO6. The van der Waals surface area contributed by atoms with Crippen molar-refractivity contribution in [2.75, 3.05) is 35.2 Å². The van der Waals surface area contributed by atoms with Gasteiger partial charge in [-0.25, -0.2) is 0 Å². The Bertz CT molecular complexity index is 1130. The number of rotatable bonds is 9. The van der Waals surface area contributed by atoms with E-state index in [4.69, 9.17) is 28.4 Å². The molecule has 0 unspecified atom stereocenters. The zero-order chi connectivity index (χ0) is 23.5. The molecular weight excluding hydrogens is 422 g/mol. The lowest BCUT2D eigenvalue weighted by Crippen LogP contribution is -2.10. The minimum Gasteiger partial charge on any atom is -0.493 e. The highest BCUT2D eigenvalue weighted by Gasteiger charge is 2.23. The summed E-state index contributed by atoms with van der Waals surface area (Å²) in [5.41, 5.74) is 5.42. The number of aromatic nitrogens is 1. The number of benzene rings is 2. The fourth-order valence-electron chi connectivity index (χ4n) is 4.19. The van der Waals surface area contributed by atoms with Gasteiger partial charge in [0.05, 0.1) is 27.4 Å². The zero-order valence-corrected chi connectivity index (χ0v) is 20.1. The molecule has 0 fully saturated rings. The van der Waals surface area contributed by atoms with Crippen molar-refractivity contribution in [1.82, 2.24) is 4.57 Å². The Morgan fingerprint density at radius 2 is 1.45 bits per heavy atom. The number of aryl methyl sites for hydroxylation is 2. The van der Waals surface area contributed by atoms with Crippen LogP contribution in [0.5, 0.6) is 28.7 Å². The fourth-order valence-corrected chi connectivity index (χ4v) is 4.19. The molecule has 0 saturated carbocycles. The van der Waals surface area contributed by atoms with Crippen LogP contribution in [0.1, 0.15) is 19.4 Å². The van der Waals surface area contributed by atoms with Crippen molar-refractivity contribution < 1.29 is 28.4 Å². The summed E-state index contributed by atoms with van der Waals surface area (Å²) in [7, 11) is 6.56. The zero-order valence-electron chi connectivity index (χ0n) is 20.1. The Morgan fingerprint density at radius 1 is 0.788 bits per heavy atom. The van der Waals surface area contributed by atoms with Crippen LogP contribution in [-0.4, -0.2) is 45.9 Å². The average molecular weight is 454 g/mol. The van der Waals surface area contributed by atoms with Crippen LogP contribution in [0.15, 0.2) is 36.5 Å². The second-order valence-electron chi connectivity index (χ2n) is 8.14. The lowest BCUT2D eigenvalue weighted by molar-refractivity contribution is 0.0512. The van der Waals surface area contributed by atoms with E-state index in [0.29, 0.717) is 23.0 Å². The molecule has 1 aromatic heterocycles. The summed E-state index contributed by atoms with van der Waals surface area (Å²) < 4.78 is 36.0. The highest BCUT2D eigenvalue weighted by molar-refractivity contribution is 5.80. The van der Waals surface area contributed by atoms with Crippen LogP contribution in [-0.2, 0) is 17.7 Å². The molecule has 2 heterocycles. The predicted octanol–water partition coefficient (Wildman–Crippen LogP) is 5.17. The molecule has 7 heteroatoms. The van der Waals surface area contributed by atoms with Gasteiger partial charge in [-0.3, -0.25) is 0 Å². The van der Waals surface area contributed by atoms with Gasteiger partial charge in [-0.1, -0.05) is 0 Å². The predicted molar refractivity (Wildman–Crippen MR) is 127 cm³/mol. The van der Waals surface area contributed by atoms with E-state index in [1.165, 1.54) is 5.56 Å². The van der Waals surface area contributed by atoms with Crippen molar-refractivity contribution in [3.8, 4) is 51.1 Å². The molecule has 7 nitrogen and oxygen atoms in total. The highest BCUT2D eigenvalue weighted by atomic mass is 16.7. The summed E-state index contributed by atoms with van der Waals surface area (Å²) in [5.74, 6) is 3.42. The lowest BCUT2D eigenvalue weighted by Gasteiger charge is -2.21. The Balaban J connectivity index is 1.82. The molecule has 3 aromatic rings. The molecule has 0 spiro atoms. The standard InChI is InChI=1S/C26H31NO6/c1-16(2)33-26-13-22(32-15-28-3)20(12-25(26)31-6)18-9-21-19-11-24(30-5)23(29-4)10-17(19)7-8-27(21)14-18/h9-14,16H,7-8,15H2,1-6H3. The molecule has 33 heavy (non-hydrogen) atoms. The summed E-state index contributed by atoms with van der Waals surface area (Å²) in [6.07, 6.45) is 3.06. The molecule has 4 rings (SSSR count). The first-order valence-electron chi connectivity index (χ1n) is 10.9. The lowest BCUT2D eigenvalue weighted by atomic mass is 9.97. The number of hydrogen-bond donors (Lipinski definition) is 0. The third-order valence-electron chi connectivity index (χ3n) is 5.68. The van der Waals surface area contributed by atoms with E-state index in [-0.39, 0.29) is 12.9 Å². The van der Waals surface area contributed by atoms with Gasteiger partial charge in [-0.05, 0) is 50.1 Å². The number of ether oxygens (including phenoxy) is 6. The van der Waals surface area contributed by atoms with Gasteiger partial charge in [-0.2, -0.15) is 0 Å². The molecule has 0 atom stereocenters. The quantitative estimate of drug-likeness (QED) is 0.417. The number of hydrogen-bond acceptors (Lipinski definition) is 6. The van der Waals surface area contributed by atoms with Gasteiger partial charge < -0.3 is 33.0 Å². The van der Waals surface area contributed by atoms with Crippen molar-refractivity contribution in [2.24, 2.45) is 0 Å². The Kier molecular flexibility index (Phi) is 6.70. The van der Waals surface area contributed by atoms with E-state index in [2.05, 4.69) is 22.9 Å². The second-order valence-corrected chi connectivity index (χ2v) is 8.14. The molecule has 0 bridgehead atoms. The van der Waals surface area contributed by atoms with Crippen LogP contribution < -0.4 is 23.7 Å². The summed E-state index contributed by atoms with van der Waals surface area (Å²) in [5, 5.41) is 0. The van der Waals surface area contributed by atoms with Crippen molar-refractivity contribution in [3.05, 3.63) is 42.1 Å². The van der Waals surface area contributed by atoms with Gasteiger partial charge in [-0.15, -0.1) is 0 Å². The van der Waals surface area contributed by atoms with Crippen LogP contribution in [0.25, 0.3) is 22.4 Å². The summed E-state index contributed by atoms with van der Waals surface area (Å²) in [4.78, 5) is 0. The topological polar surface area (TPSA) is 60.3 Å². The third-order valence-corrected chi connectivity index (χ3v) is 5.68. The molecule has 0 radical (unpaired) electrons. The van der Waals surface area contributed by atoms with Crippen LogP contribution in [0, 0.1) is 0 Å². The van der Waals surface area contributed by atoms with Gasteiger partial charge in [0.1, 0.15) is 5.75 Å². The molecule has 0 amide bonds. The second kappa shape index (κ2) is 9.67. The SMILES string of the molecule is COCOc1cc(OC(C)C)c(OC)cc1-c1cc2n(c1)CCc1cc(OC)c(OC)cc1-2. The van der Waals surface area contributed by atoms with E-state index in [0.717, 1.165) is 41.1 Å². The van der Waals surface area contributed by atoms with Crippen LogP contribution in [0.3, 0.4) is 0 Å². The maximum atomic E-state index is 5.95. The number of nitrogens with zero attached hydrogens (tertiary/aromatic N) is 1. The minimum absolute atomic E-state index is 0.00490. The average Bonchev–Trinajstić information content (AvgIpc) is 3.26. The normalized spacial score (nSPS) is 12.2. The van der Waals surface area contributed by atoms with Gasteiger partial charge in [0.2, 0.25) is 0 Å². The molecule has 0 N–H and O–H groups in total. The number of fused-ring (bicyclic) bond motifs is 3. The van der Waals surface area contributed by atoms with Crippen LogP contribution >= 0.6 is 0 Å². The van der Waals surface area contributed by atoms with Gasteiger partial charge in [0.15, 0.2) is 29.8 Å². The van der Waals surface area contributed by atoms with E-state index in [9.17, 15) is 0 Å². The Hall–Kier alpha value is -3.32. The maximum absolute atomic E-state index is 5.95. The van der Waals surface area contributed by atoms with Gasteiger partial charge >= 0.3 is 0 Å². The summed E-state index contributed by atoms with van der Waals surface area (Å²) >= 11 is 0. The van der Waals surface area contributed by atoms with Gasteiger partial charge in [0, 0.05) is 48.3 Å². The van der Waals surface area contributed by atoms with E-state index in [1.807, 2.05) is 32.0 Å². The summed E-state index contributed by atoms with van der Waals surface area (Å²) in [6, 6.07) is 10.1. The molecule has 1 aliphatic heterocycles. The van der Waals surface area contributed by atoms with Crippen molar-refractivity contribution >= 4 is 0 Å². The maximum Gasteiger partial charge on any atom is 0.188 e. The van der Waals surface area contributed by atoms with Crippen molar-refractivity contribution in [3.63, 3.8) is 0 Å². The third kappa shape index (κ3) is 4.46. The monoisotopic (exact) mass is 453 g/mol. The van der Waals surface area contributed by atoms with E-state index in [1.54, 1.807) is 28.4 Å². The smallest absolute Gasteiger partial charge is 0.188 e. The minimum atomic E-state index is 0.00490. The first-order valence-corrected chi connectivity index (χ1v) is 10.9. The first-order chi connectivity index (χ1) is 16.0. The molecule has 2 aromatic carbocycles. The van der Waals surface area contributed by atoms with Crippen LogP contribution in [0.2, 0.25) is 0 Å². The Morgan fingerprint density at radius 3 is 2.12 bits per heavy atom. The van der Waals surface area contributed by atoms with E-state index < -0.39 is 0 Å². The fraction of sp³-hybridized carbons (Fsp3) is 0.385. The largest absolute Gasteiger partial charge is 0.493 e. The van der Waals surface area contributed by atoms with Gasteiger partial charge in [0.25, 0.3) is 0 Å². The molecule has 176 valence electrons. The molecule has 1 aliphatic rings. The van der Waals surface area contributed by atoms with Crippen molar-refractivity contribution in [2.45, 2.75) is 32.9 Å². The molecule has 0 aliphatic carbocycles. The van der Waals surface area contributed by atoms with Crippen molar-refractivity contribution in [1.29, 1.82) is 0 Å². The van der Waals surface area contributed by atoms with Crippen LogP contribution in [0.4, 0.5) is 0 Å². The number of methoxy groups -OCH3 is 4. The Labute approximate surface area is 194 Å². The summed E-state index contributed by atoms with van der Waals surface area (Å²) in [6.45, 7) is 4.96. The van der Waals surface area contributed by atoms with E-state index >= 15 is 0 Å². The molecule has 0 saturated heterocycles.